The fourth-order valence-electron chi connectivity index (χ4n) is 1.55. The summed E-state index contributed by atoms with van der Waals surface area (Å²) in [6, 6.07) is 8.38. The zero-order chi connectivity index (χ0) is 13.0. The molecule has 0 amide bonds. The van der Waals surface area contributed by atoms with Crippen LogP contribution in [0.25, 0.3) is 0 Å². The van der Waals surface area contributed by atoms with E-state index in [2.05, 4.69) is 26.3 Å². The van der Waals surface area contributed by atoms with Gasteiger partial charge in [-0.15, -0.1) is 0 Å². The maximum Gasteiger partial charge on any atom is 0.322 e. The number of anilines is 2. The van der Waals surface area contributed by atoms with Gasteiger partial charge in [-0.3, -0.25) is 0 Å². The fourth-order valence-corrected chi connectivity index (χ4v) is 1.55. The molecule has 0 fully saturated rings. The third kappa shape index (κ3) is 3.07. The number of hydrogen-bond acceptors (Lipinski definition) is 6. The van der Waals surface area contributed by atoms with Crippen molar-refractivity contribution in [3.8, 4) is 6.01 Å². The number of ether oxygens (including phenoxy) is 1. The van der Waals surface area contributed by atoms with E-state index in [1.165, 1.54) is 12.7 Å². The van der Waals surface area contributed by atoms with Crippen LogP contribution in [0, 0.1) is 6.92 Å². The van der Waals surface area contributed by atoms with Crippen LogP contribution < -0.4 is 15.8 Å². The van der Waals surface area contributed by atoms with Crippen LogP contribution in [0.15, 0.2) is 24.3 Å². The van der Waals surface area contributed by atoms with Gasteiger partial charge in [-0.1, -0.05) is 29.8 Å². The third-order valence-electron chi connectivity index (χ3n) is 2.35. The Labute approximate surface area is 105 Å². The van der Waals surface area contributed by atoms with Crippen LogP contribution in [0.3, 0.4) is 0 Å². The molecule has 94 valence electrons. The Balaban J connectivity index is 2.08. The maximum atomic E-state index is 5.55. The summed E-state index contributed by atoms with van der Waals surface area (Å²) in [5.74, 6) is 0.537. The highest BCUT2D eigenvalue weighted by atomic mass is 16.5. The van der Waals surface area contributed by atoms with Crippen molar-refractivity contribution in [2.24, 2.45) is 0 Å². The molecule has 0 spiro atoms. The van der Waals surface area contributed by atoms with Gasteiger partial charge in [-0.2, -0.15) is 15.0 Å². The fraction of sp³-hybridized carbons (Fsp3) is 0.250. The van der Waals surface area contributed by atoms with Crippen LogP contribution in [0.4, 0.5) is 11.9 Å². The molecular formula is C12H15N5O. The lowest BCUT2D eigenvalue weighted by atomic mass is 10.1. The Bertz CT molecular complexity index is 544. The Morgan fingerprint density at radius 3 is 2.83 bits per heavy atom. The Morgan fingerprint density at radius 2 is 2.11 bits per heavy atom. The minimum absolute atomic E-state index is 0.133. The molecule has 0 aliphatic carbocycles. The van der Waals surface area contributed by atoms with Gasteiger partial charge in [0, 0.05) is 6.54 Å². The van der Waals surface area contributed by atoms with Crippen molar-refractivity contribution < 1.29 is 4.74 Å². The first-order chi connectivity index (χ1) is 8.67. The lowest BCUT2D eigenvalue weighted by Crippen LogP contribution is -2.08. The Hall–Kier alpha value is -2.37. The van der Waals surface area contributed by atoms with Gasteiger partial charge < -0.3 is 15.8 Å². The number of aryl methyl sites for hydroxylation is 1. The van der Waals surface area contributed by atoms with Crippen LogP contribution >= 0.6 is 0 Å². The quantitative estimate of drug-likeness (QED) is 0.846. The summed E-state index contributed by atoms with van der Waals surface area (Å²) < 4.78 is 4.92. The number of nitrogens with two attached hydrogens (primary N) is 1. The molecule has 6 nitrogen and oxygen atoms in total. The molecule has 0 unspecified atom stereocenters. The zero-order valence-corrected chi connectivity index (χ0v) is 10.3. The second kappa shape index (κ2) is 5.31. The SMILES string of the molecule is COc1nc(N)nc(NCc2cccc(C)c2)n1. The van der Waals surface area contributed by atoms with E-state index in [1.807, 2.05) is 25.1 Å². The van der Waals surface area contributed by atoms with Crippen molar-refractivity contribution in [1.82, 2.24) is 15.0 Å². The monoisotopic (exact) mass is 245 g/mol. The zero-order valence-electron chi connectivity index (χ0n) is 10.3. The van der Waals surface area contributed by atoms with Crippen molar-refractivity contribution in [1.29, 1.82) is 0 Å². The lowest BCUT2D eigenvalue weighted by Gasteiger charge is -2.07. The molecule has 18 heavy (non-hydrogen) atoms. The first kappa shape index (κ1) is 12.1. The number of rotatable bonds is 4. The first-order valence-electron chi connectivity index (χ1n) is 5.52. The highest BCUT2D eigenvalue weighted by Crippen LogP contribution is 2.10. The molecule has 3 N–H and O–H groups in total. The van der Waals surface area contributed by atoms with Gasteiger partial charge in [0.05, 0.1) is 7.11 Å². The number of nitrogen functional groups attached to an aromatic ring is 1. The summed E-state index contributed by atoms with van der Waals surface area (Å²) in [6.45, 7) is 2.67. The molecular weight excluding hydrogens is 230 g/mol. The van der Waals surface area contributed by atoms with Gasteiger partial charge in [-0.05, 0) is 12.5 Å². The standard InChI is InChI=1S/C12H15N5O/c1-8-4-3-5-9(6-8)7-14-11-15-10(13)16-12(17-11)18-2/h3-6H,7H2,1-2H3,(H3,13,14,15,16,17). The summed E-state index contributed by atoms with van der Waals surface area (Å²) in [6.07, 6.45) is 0. The van der Waals surface area contributed by atoms with E-state index < -0.39 is 0 Å². The van der Waals surface area contributed by atoms with Crippen molar-refractivity contribution in [3.05, 3.63) is 35.4 Å². The van der Waals surface area contributed by atoms with E-state index in [9.17, 15) is 0 Å². The number of aromatic nitrogens is 3. The van der Waals surface area contributed by atoms with Crippen molar-refractivity contribution in [2.45, 2.75) is 13.5 Å². The molecule has 0 bridgehead atoms. The van der Waals surface area contributed by atoms with Gasteiger partial charge in [0.25, 0.3) is 0 Å². The molecule has 1 aromatic carbocycles. The molecule has 0 saturated heterocycles. The number of benzene rings is 1. The van der Waals surface area contributed by atoms with E-state index in [-0.39, 0.29) is 12.0 Å². The molecule has 0 radical (unpaired) electrons. The van der Waals surface area contributed by atoms with Gasteiger partial charge in [0.15, 0.2) is 0 Å². The van der Waals surface area contributed by atoms with Crippen molar-refractivity contribution in [3.63, 3.8) is 0 Å². The number of nitrogens with one attached hydrogen (secondary N) is 1. The lowest BCUT2D eigenvalue weighted by molar-refractivity contribution is 0.379. The van der Waals surface area contributed by atoms with Gasteiger partial charge in [0.1, 0.15) is 0 Å². The largest absolute Gasteiger partial charge is 0.467 e. The normalized spacial score (nSPS) is 10.1. The summed E-state index contributed by atoms with van der Waals surface area (Å²) >= 11 is 0. The third-order valence-corrected chi connectivity index (χ3v) is 2.35. The number of nitrogens with zero attached hydrogens (tertiary/aromatic N) is 3. The summed E-state index contributed by atoms with van der Waals surface area (Å²) in [5, 5.41) is 3.08. The molecule has 1 heterocycles. The smallest absolute Gasteiger partial charge is 0.322 e. The van der Waals surface area contributed by atoms with E-state index in [1.54, 1.807) is 0 Å². The van der Waals surface area contributed by atoms with Gasteiger partial charge in [-0.25, -0.2) is 0 Å². The summed E-state index contributed by atoms with van der Waals surface area (Å²) in [7, 11) is 1.49. The average Bonchev–Trinajstić information content (AvgIpc) is 2.36. The molecule has 0 aliphatic rings. The first-order valence-corrected chi connectivity index (χ1v) is 5.52. The van der Waals surface area contributed by atoms with E-state index >= 15 is 0 Å². The molecule has 0 atom stereocenters. The number of hydrogen-bond donors (Lipinski definition) is 2. The van der Waals surface area contributed by atoms with Crippen LogP contribution in [-0.4, -0.2) is 22.1 Å². The molecule has 6 heteroatoms. The molecule has 2 rings (SSSR count). The topological polar surface area (TPSA) is 86.0 Å². The van der Waals surface area contributed by atoms with Crippen LogP contribution in [-0.2, 0) is 6.54 Å². The van der Waals surface area contributed by atoms with Crippen LogP contribution in [0.1, 0.15) is 11.1 Å². The van der Waals surface area contributed by atoms with Gasteiger partial charge in [0.2, 0.25) is 11.9 Å². The summed E-state index contributed by atoms with van der Waals surface area (Å²) in [4.78, 5) is 11.9. The van der Waals surface area contributed by atoms with Crippen molar-refractivity contribution >= 4 is 11.9 Å². The predicted molar refractivity (Wildman–Crippen MR) is 69.3 cm³/mol. The second-order valence-electron chi connectivity index (χ2n) is 3.85. The molecule has 0 aliphatic heterocycles. The molecule has 2 aromatic rings. The minimum Gasteiger partial charge on any atom is -0.467 e. The van der Waals surface area contributed by atoms with E-state index in [4.69, 9.17) is 10.5 Å². The average molecular weight is 245 g/mol. The maximum absolute atomic E-state index is 5.55. The van der Waals surface area contributed by atoms with Crippen molar-refractivity contribution in [2.75, 3.05) is 18.2 Å². The van der Waals surface area contributed by atoms with Crippen LogP contribution in [0.2, 0.25) is 0 Å². The second-order valence-corrected chi connectivity index (χ2v) is 3.85. The summed E-state index contributed by atoms with van der Waals surface area (Å²) in [5.41, 5.74) is 7.90. The highest BCUT2D eigenvalue weighted by Gasteiger charge is 2.03. The predicted octanol–water partition coefficient (Wildman–Crippen LogP) is 1.38. The van der Waals surface area contributed by atoms with Gasteiger partial charge >= 0.3 is 6.01 Å². The Kier molecular flexibility index (Phi) is 3.57. The van der Waals surface area contributed by atoms with Crippen LogP contribution in [0.5, 0.6) is 6.01 Å². The van der Waals surface area contributed by atoms with E-state index in [0.717, 1.165) is 5.56 Å². The minimum atomic E-state index is 0.133. The molecule has 1 aromatic heterocycles. The van der Waals surface area contributed by atoms with E-state index in [0.29, 0.717) is 12.5 Å². The number of methoxy groups -OCH3 is 1. The Morgan fingerprint density at radius 1 is 1.28 bits per heavy atom. The molecule has 0 saturated carbocycles. The highest BCUT2D eigenvalue weighted by molar-refractivity contribution is 5.34.